The van der Waals surface area contributed by atoms with Crippen LogP contribution in [0.1, 0.15) is 42.9 Å². The molecule has 0 saturated carbocycles. The average molecular weight is 584 g/mol. The number of piperazine rings is 1. The van der Waals surface area contributed by atoms with Crippen LogP contribution in [0.15, 0.2) is 34.0 Å². The lowest BCUT2D eigenvalue weighted by Gasteiger charge is -2.39. The van der Waals surface area contributed by atoms with Crippen molar-refractivity contribution in [2.45, 2.75) is 39.7 Å². The number of amides is 1. The number of nitrogens with zero attached hydrogens (tertiary/aromatic N) is 5. The van der Waals surface area contributed by atoms with E-state index in [2.05, 4.69) is 22.8 Å². The molecule has 11 heteroatoms. The van der Waals surface area contributed by atoms with E-state index >= 15 is 0 Å². The third kappa shape index (κ3) is 6.24. The molecule has 8 nitrogen and oxygen atoms in total. The van der Waals surface area contributed by atoms with Crippen LogP contribution in [0.25, 0.3) is 6.08 Å². The molecule has 212 valence electrons. The van der Waals surface area contributed by atoms with Gasteiger partial charge in [0.1, 0.15) is 27.6 Å². The Bertz CT molecular complexity index is 1390. The SMILES string of the molecule is CCCCn1c(N2CCN(c3ccc(F)cc3)CC2)c(/C=C2\SC(=S)N(CCCOC)C2=O)c(C)c(C#N)c1=O. The Labute approximate surface area is 244 Å². The van der Waals surface area contributed by atoms with Crippen LogP contribution in [-0.2, 0) is 16.1 Å². The highest BCUT2D eigenvalue weighted by atomic mass is 32.2. The van der Waals surface area contributed by atoms with Crippen molar-refractivity contribution in [1.82, 2.24) is 9.47 Å². The number of benzene rings is 1. The summed E-state index contributed by atoms with van der Waals surface area (Å²) in [7, 11) is 1.62. The molecule has 0 N–H and O–H groups in total. The van der Waals surface area contributed by atoms with Gasteiger partial charge in [-0.2, -0.15) is 5.26 Å². The lowest BCUT2D eigenvalue weighted by Crippen LogP contribution is -2.48. The normalized spacial score (nSPS) is 16.8. The van der Waals surface area contributed by atoms with Crippen LogP contribution in [0.5, 0.6) is 0 Å². The van der Waals surface area contributed by atoms with Gasteiger partial charge in [-0.1, -0.05) is 37.3 Å². The first-order valence-corrected chi connectivity index (χ1v) is 14.7. The van der Waals surface area contributed by atoms with Gasteiger partial charge in [0.2, 0.25) is 0 Å². The van der Waals surface area contributed by atoms with Crippen molar-refractivity contribution in [3.05, 3.63) is 62.0 Å². The maximum Gasteiger partial charge on any atom is 0.270 e. The predicted molar refractivity (Wildman–Crippen MR) is 162 cm³/mol. The van der Waals surface area contributed by atoms with Crippen LogP contribution in [0.3, 0.4) is 0 Å². The fourth-order valence-corrected chi connectivity index (χ4v) is 6.32. The summed E-state index contributed by atoms with van der Waals surface area (Å²) < 4.78 is 20.8. The fourth-order valence-electron chi connectivity index (χ4n) is 5.03. The molecule has 0 atom stereocenters. The number of methoxy groups -OCH3 is 1. The van der Waals surface area contributed by atoms with Gasteiger partial charge in [0.05, 0.1) is 4.91 Å². The van der Waals surface area contributed by atoms with Crippen LogP contribution in [0.2, 0.25) is 0 Å². The number of halogens is 1. The predicted octanol–water partition coefficient (Wildman–Crippen LogP) is 4.53. The van der Waals surface area contributed by atoms with E-state index in [-0.39, 0.29) is 22.8 Å². The molecule has 2 aliphatic rings. The van der Waals surface area contributed by atoms with Gasteiger partial charge in [-0.05, 0) is 55.7 Å². The van der Waals surface area contributed by atoms with E-state index < -0.39 is 0 Å². The molecule has 40 heavy (non-hydrogen) atoms. The summed E-state index contributed by atoms with van der Waals surface area (Å²) in [6.07, 6.45) is 4.13. The summed E-state index contributed by atoms with van der Waals surface area (Å²) in [5, 5.41) is 9.93. The van der Waals surface area contributed by atoms with Crippen molar-refractivity contribution < 1.29 is 13.9 Å². The van der Waals surface area contributed by atoms with Gasteiger partial charge in [-0.15, -0.1) is 0 Å². The number of anilines is 2. The maximum atomic E-state index is 13.5. The molecule has 3 heterocycles. The summed E-state index contributed by atoms with van der Waals surface area (Å²) >= 11 is 6.75. The number of hydrogen-bond donors (Lipinski definition) is 0. The topological polar surface area (TPSA) is 81.8 Å². The number of thiocarbonyl (C=S) groups is 1. The number of nitriles is 1. The minimum absolute atomic E-state index is 0.0895. The molecule has 2 saturated heterocycles. The monoisotopic (exact) mass is 583 g/mol. The third-order valence-electron chi connectivity index (χ3n) is 7.23. The number of thioether (sulfide) groups is 1. The number of aromatic nitrogens is 1. The molecule has 1 aromatic heterocycles. The third-order valence-corrected chi connectivity index (χ3v) is 8.61. The fraction of sp³-hybridized carbons (Fsp3) is 0.448. The van der Waals surface area contributed by atoms with Crippen molar-refractivity contribution in [2.24, 2.45) is 0 Å². The highest BCUT2D eigenvalue weighted by molar-refractivity contribution is 8.26. The van der Waals surface area contributed by atoms with E-state index in [4.69, 9.17) is 17.0 Å². The van der Waals surface area contributed by atoms with Gasteiger partial charge in [0, 0.05) is 64.2 Å². The first-order valence-electron chi connectivity index (χ1n) is 13.5. The molecule has 2 aliphatic heterocycles. The molecule has 0 spiro atoms. The second kappa shape index (κ2) is 13.4. The first kappa shape index (κ1) is 29.8. The quantitative estimate of drug-likeness (QED) is 0.229. The Kier molecular flexibility index (Phi) is 10.0. The zero-order chi connectivity index (χ0) is 28.8. The summed E-state index contributed by atoms with van der Waals surface area (Å²) in [6.45, 7) is 7.87. The van der Waals surface area contributed by atoms with Gasteiger partial charge in [-0.25, -0.2) is 4.39 Å². The molecular weight excluding hydrogens is 549 g/mol. The van der Waals surface area contributed by atoms with Crippen LogP contribution >= 0.6 is 24.0 Å². The number of carbonyl (C=O) groups excluding carboxylic acids is 1. The Balaban J connectivity index is 1.75. The molecule has 1 aromatic carbocycles. The molecule has 0 bridgehead atoms. The zero-order valence-corrected chi connectivity index (χ0v) is 24.7. The summed E-state index contributed by atoms with van der Waals surface area (Å²) in [5.74, 6) is 0.268. The summed E-state index contributed by atoms with van der Waals surface area (Å²) in [4.78, 5) is 33.3. The Morgan fingerprint density at radius 2 is 1.77 bits per heavy atom. The van der Waals surface area contributed by atoms with Crippen LogP contribution < -0.4 is 15.4 Å². The standard InChI is InChI=1S/C29H34FN5O3S2/c1-4-5-11-34-26(33-15-13-32(14-16-33)22-9-7-21(30)8-10-22)23(20(2)24(19-31)27(34)36)18-25-28(37)35(29(39)40-25)12-6-17-38-3/h7-10,18H,4-6,11-17H2,1-3H3/b25-18-. The van der Waals surface area contributed by atoms with Crippen molar-refractivity contribution >= 4 is 51.8 Å². The highest BCUT2D eigenvalue weighted by Gasteiger charge is 2.33. The van der Waals surface area contributed by atoms with Crippen LogP contribution in [-0.4, -0.2) is 66.1 Å². The number of ether oxygens (including phenoxy) is 1. The highest BCUT2D eigenvalue weighted by Crippen LogP contribution is 2.36. The number of rotatable bonds is 10. The molecule has 0 unspecified atom stereocenters. The Hall–Kier alpha value is -3.20. The van der Waals surface area contributed by atoms with E-state index in [0.29, 0.717) is 72.6 Å². The molecule has 1 amide bonds. The smallest absolute Gasteiger partial charge is 0.270 e. The van der Waals surface area contributed by atoms with E-state index in [1.165, 1.54) is 23.9 Å². The van der Waals surface area contributed by atoms with Crippen LogP contribution in [0, 0.1) is 24.1 Å². The van der Waals surface area contributed by atoms with E-state index in [1.807, 2.05) is 0 Å². The Morgan fingerprint density at radius 3 is 2.40 bits per heavy atom. The molecule has 4 rings (SSSR count). The molecule has 2 fully saturated rings. The molecule has 2 aromatic rings. The maximum absolute atomic E-state index is 13.5. The lowest BCUT2D eigenvalue weighted by molar-refractivity contribution is -0.122. The van der Waals surface area contributed by atoms with Crippen molar-refractivity contribution in [3.8, 4) is 6.07 Å². The van der Waals surface area contributed by atoms with Crippen molar-refractivity contribution in [2.75, 3.05) is 56.2 Å². The molecule has 0 aliphatic carbocycles. The second-order valence-corrected chi connectivity index (χ2v) is 11.5. The van der Waals surface area contributed by atoms with Gasteiger partial charge >= 0.3 is 0 Å². The molecular formula is C29H34FN5O3S2. The lowest BCUT2D eigenvalue weighted by atomic mass is 10.0. The largest absolute Gasteiger partial charge is 0.385 e. The number of pyridine rings is 1. The number of unbranched alkanes of at least 4 members (excludes halogenated alkanes) is 1. The second-order valence-electron chi connectivity index (χ2n) is 9.79. The van der Waals surface area contributed by atoms with Crippen molar-refractivity contribution in [3.63, 3.8) is 0 Å². The minimum Gasteiger partial charge on any atom is -0.385 e. The van der Waals surface area contributed by atoms with Crippen molar-refractivity contribution in [1.29, 1.82) is 5.26 Å². The van der Waals surface area contributed by atoms with Crippen LogP contribution in [0.4, 0.5) is 15.9 Å². The molecule has 0 radical (unpaired) electrons. The summed E-state index contributed by atoms with van der Waals surface area (Å²) in [6, 6.07) is 8.57. The Morgan fingerprint density at radius 1 is 1.10 bits per heavy atom. The van der Waals surface area contributed by atoms with Gasteiger partial charge in [0.25, 0.3) is 11.5 Å². The zero-order valence-electron chi connectivity index (χ0n) is 23.1. The summed E-state index contributed by atoms with van der Waals surface area (Å²) in [5.41, 5.74) is 1.97. The van der Waals surface area contributed by atoms with E-state index in [0.717, 1.165) is 24.3 Å². The van der Waals surface area contributed by atoms with Gasteiger partial charge < -0.3 is 14.5 Å². The van der Waals surface area contributed by atoms with E-state index in [9.17, 15) is 19.2 Å². The minimum atomic E-state index is -0.311. The van der Waals surface area contributed by atoms with E-state index in [1.54, 1.807) is 41.7 Å². The number of hydrogen-bond acceptors (Lipinski definition) is 8. The number of carbonyl (C=O) groups is 1. The first-order chi connectivity index (χ1) is 19.3. The van der Waals surface area contributed by atoms with Gasteiger partial charge in [-0.3, -0.25) is 19.1 Å². The van der Waals surface area contributed by atoms with Gasteiger partial charge in [0.15, 0.2) is 0 Å². The average Bonchev–Trinajstić information content (AvgIpc) is 3.22.